The highest BCUT2D eigenvalue weighted by molar-refractivity contribution is 6.31. The Kier molecular flexibility index (Phi) is 3.14. The highest BCUT2D eigenvalue weighted by Gasteiger charge is 2.43. The summed E-state index contributed by atoms with van der Waals surface area (Å²) in [5.74, 6) is 5.47. The third-order valence-electron chi connectivity index (χ3n) is 3.46. The van der Waals surface area contributed by atoms with Crippen LogP contribution in [0.2, 0.25) is 5.02 Å². The molecule has 0 radical (unpaired) electrons. The van der Waals surface area contributed by atoms with E-state index >= 15 is 0 Å². The average molecular weight is 294 g/mol. The number of hydrazine groups is 1. The summed E-state index contributed by atoms with van der Waals surface area (Å²) in [7, 11) is 0. The third-order valence-corrected chi connectivity index (χ3v) is 3.79. The van der Waals surface area contributed by atoms with Crippen molar-refractivity contribution in [3.63, 3.8) is 0 Å². The van der Waals surface area contributed by atoms with Gasteiger partial charge in [0.25, 0.3) is 0 Å². The van der Waals surface area contributed by atoms with Crippen molar-refractivity contribution in [3.8, 4) is 0 Å². The molecule has 6 heteroatoms. The van der Waals surface area contributed by atoms with Crippen molar-refractivity contribution in [1.29, 1.82) is 0 Å². The molecule has 1 aliphatic heterocycles. The molecule has 2 aromatic carbocycles. The zero-order chi connectivity index (χ0) is 14.3. The topological polar surface area (TPSA) is 61.5 Å². The van der Waals surface area contributed by atoms with Crippen LogP contribution >= 0.6 is 11.6 Å². The second-order valence-electron chi connectivity index (χ2n) is 4.65. The summed E-state index contributed by atoms with van der Waals surface area (Å²) in [6.07, 6.45) is 0. The summed E-state index contributed by atoms with van der Waals surface area (Å²) >= 11 is 6.16. The van der Waals surface area contributed by atoms with Crippen LogP contribution in [0.4, 0.5) is 10.1 Å². The molecular formula is C14H13ClFN3O. The molecule has 2 aromatic rings. The predicted molar refractivity (Wildman–Crippen MR) is 75.4 cm³/mol. The van der Waals surface area contributed by atoms with Crippen LogP contribution in [-0.2, 0) is 5.72 Å². The van der Waals surface area contributed by atoms with Crippen molar-refractivity contribution in [2.24, 2.45) is 5.84 Å². The Hall–Kier alpha value is -1.66. The molecule has 104 valence electrons. The normalized spacial score (nSPS) is 22.2. The minimum Gasteiger partial charge on any atom is -0.371 e. The molecule has 4 N–H and O–H groups in total. The first-order valence-electron chi connectivity index (χ1n) is 6.07. The predicted octanol–water partition coefficient (Wildman–Crippen LogP) is 2.23. The van der Waals surface area contributed by atoms with E-state index in [-0.39, 0.29) is 6.67 Å². The van der Waals surface area contributed by atoms with Crippen molar-refractivity contribution in [3.05, 3.63) is 64.4 Å². The number of benzene rings is 2. The van der Waals surface area contributed by atoms with Gasteiger partial charge >= 0.3 is 0 Å². The second kappa shape index (κ2) is 4.71. The Morgan fingerprint density at radius 2 is 2.00 bits per heavy atom. The van der Waals surface area contributed by atoms with E-state index in [1.54, 1.807) is 30.3 Å². The number of nitrogens with zero attached hydrogens (tertiary/aromatic N) is 1. The molecule has 0 saturated heterocycles. The van der Waals surface area contributed by atoms with E-state index in [1.165, 1.54) is 17.1 Å². The van der Waals surface area contributed by atoms with Crippen LogP contribution in [0, 0.1) is 5.82 Å². The Bertz CT molecular complexity index is 667. The zero-order valence-electron chi connectivity index (χ0n) is 10.5. The number of anilines is 1. The molecule has 1 unspecified atom stereocenters. The van der Waals surface area contributed by atoms with E-state index in [4.69, 9.17) is 17.4 Å². The maximum atomic E-state index is 13.6. The highest BCUT2D eigenvalue weighted by atomic mass is 35.5. The lowest BCUT2D eigenvalue weighted by Gasteiger charge is -2.42. The molecule has 1 aliphatic rings. The van der Waals surface area contributed by atoms with Crippen LogP contribution in [0.3, 0.4) is 0 Å². The van der Waals surface area contributed by atoms with E-state index in [1.807, 2.05) is 0 Å². The fourth-order valence-corrected chi connectivity index (χ4v) is 2.71. The van der Waals surface area contributed by atoms with Crippen molar-refractivity contribution in [1.82, 2.24) is 5.01 Å². The minimum absolute atomic E-state index is 0.209. The number of hydrogen-bond donors (Lipinski definition) is 3. The van der Waals surface area contributed by atoms with Crippen molar-refractivity contribution in [2.75, 3.05) is 12.0 Å². The Morgan fingerprint density at radius 1 is 1.25 bits per heavy atom. The first kappa shape index (κ1) is 13.3. The quantitative estimate of drug-likeness (QED) is 0.706. The zero-order valence-corrected chi connectivity index (χ0v) is 11.2. The van der Waals surface area contributed by atoms with Gasteiger partial charge in [-0.1, -0.05) is 29.8 Å². The van der Waals surface area contributed by atoms with Gasteiger partial charge in [-0.15, -0.1) is 0 Å². The van der Waals surface area contributed by atoms with Crippen LogP contribution in [0.25, 0.3) is 0 Å². The lowest BCUT2D eigenvalue weighted by atomic mass is 9.91. The summed E-state index contributed by atoms with van der Waals surface area (Å²) in [4.78, 5) is 0. The molecule has 20 heavy (non-hydrogen) atoms. The standard InChI is InChI=1S/C14H13ClFN3O/c15-12-4-2-1-3-10(12)14(20)11-7-9(16)5-6-13(11)18-8-19(14)17/h1-7,18,20H,8,17H2. The minimum atomic E-state index is -1.68. The summed E-state index contributed by atoms with van der Waals surface area (Å²) in [6.45, 7) is 0.209. The molecule has 0 spiro atoms. The summed E-state index contributed by atoms with van der Waals surface area (Å²) in [5.41, 5.74) is -0.312. The molecule has 0 amide bonds. The number of hydrogen-bond acceptors (Lipinski definition) is 4. The Balaban J connectivity index is 2.27. The van der Waals surface area contributed by atoms with Gasteiger partial charge in [0.2, 0.25) is 0 Å². The summed E-state index contributed by atoms with van der Waals surface area (Å²) < 4.78 is 13.6. The fourth-order valence-electron chi connectivity index (χ4n) is 2.44. The van der Waals surface area contributed by atoms with Gasteiger partial charge in [0.15, 0.2) is 5.72 Å². The van der Waals surface area contributed by atoms with Gasteiger partial charge in [-0.3, -0.25) is 5.84 Å². The molecule has 0 bridgehead atoms. The van der Waals surface area contributed by atoms with Crippen LogP contribution in [0.15, 0.2) is 42.5 Å². The SMILES string of the molecule is NN1CNc2ccc(F)cc2C1(O)c1ccccc1Cl. The van der Waals surface area contributed by atoms with Gasteiger partial charge in [0, 0.05) is 21.8 Å². The Labute approximate surface area is 120 Å². The van der Waals surface area contributed by atoms with Crippen LogP contribution in [0.1, 0.15) is 11.1 Å². The first-order chi connectivity index (χ1) is 9.53. The van der Waals surface area contributed by atoms with Crippen LogP contribution in [0.5, 0.6) is 0 Å². The van der Waals surface area contributed by atoms with Gasteiger partial charge in [-0.25, -0.2) is 4.39 Å². The van der Waals surface area contributed by atoms with Gasteiger partial charge in [0.1, 0.15) is 5.82 Å². The number of fused-ring (bicyclic) bond motifs is 1. The molecule has 3 rings (SSSR count). The number of nitrogens with two attached hydrogens (primary N) is 1. The monoisotopic (exact) mass is 293 g/mol. The van der Waals surface area contributed by atoms with Crippen LogP contribution < -0.4 is 11.2 Å². The summed E-state index contributed by atoms with van der Waals surface area (Å²) in [5, 5.41) is 15.6. The summed E-state index contributed by atoms with van der Waals surface area (Å²) in [6, 6.07) is 11.0. The number of aliphatic hydroxyl groups is 1. The van der Waals surface area contributed by atoms with E-state index in [0.717, 1.165) is 0 Å². The van der Waals surface area contributed by atoms with Crippen LogP contribution in [-0.4, -0.2) is 16.8 Å². The molecule has 0 saturated carbocycles. The highest BCUT2D eigenvalue weighted by Crippen LogP contribution is 2.41. The molecule has 1 heterocycles. The smallest absolute Gasteiger partial charge is 0.188 e. The van der Waals surface area contributed by atoms with Gasteiger partial charge in [-0.05, 0) is 24.3 Å². The first-order valence-corrected chi connectivity index (χ1v) is 6.45. The third kappa shape index (κ3) is 1.87. The number of halogens is 2. The molecule has 0 aromatic heterocycles. The molecule has 4 nitrogen and oxygen atoms in total. The molecule has 0 fully saturated rings. The number of nitrogens with one attached hydrogen (secondary N) is 1. The average Bonchev–Trinajstić information content (AvgIpc) is 2.44. The second-order valence-corrected chi connectivity index (χ2v) is 5.05. The van der Waals surface area contributed by atoms with E-state index in [9.17, 15) is 9.50 Å². The van der Waals surface area contributed by atoms with Crippen molar-refractivity contribution < 1.29 is 9.50 Å². The maximum absolute atomic E-state index is 13.6. The molecule has 0 aliphatic carbocycles. The number of rotatable bonds is 1. The molecule has 1 atom stereocenters. The fraction of sp³-hybridized carbons (Fsp3) is 0.143. The maximum Gasteiger partial charge on any atom is 0.188 e. The van der Waals surface area contributed by atoms with Gasteiger partial charge in [-0.2, -0.15) is 5.01 Å². The van der Waals surface area contributed by atoms with E-state index < -0.39 is 11.5 Å². The van der Waals surface area contributed by atoms with E-state index in [2.05, 4.69) is 5.32 Å². The van der Waals surface area contributed by atoms with Crippen molar-refractivity contribution >= 4 is 17.3 Å². The van der Waals surface area contributed by atoms with Crippen molar-refractivity contribution in [2.45, 2.75) is 5.72 Å². The Morgan fingerprint density at radius 3 is 2.75 bits per heavy atom. The largest absolute Gasteiger partial charge is 0.371 e. The van der Waals surface area contributed by atoms with Gasteiger partial charge < -0.3 is 10.4 Å². The lowest BCUT2D eigenvalue weighted by Crippen LogP contribution is -2.56. The van der Waals surface area contributed by atoms with E-state index in [0.29, 0.717) is 21.8 Å². The molecular weight excluding hydrogens is 281 g/mol. The van der Waals surface area contributed by atoms with Gasteiger partial charge in [0.05, 0.1) is 6.67 Å². The lowest BCUT2D eigenvalue weighted by molar-refractivity contribution is -0.0830.